The van der Waals surface area contributed by atoms with Crippen molar-refractivity contribution in [3.05, 3.63) is 53.6 Å². The summed E-state index contributed by atoms with van der Waals surface area (Å²) in [6.07, 6.45) is 1.05. The van der Waals surface area contributed by atoms with E-state index in [0.29, 0.717) is 43.6 Å². The third kappa shape index (κ3) is 4.81. The molecule has 2 aromatic carbocycles. The van der Waals surface area contributed by atoms with Crippen molar-refractivity contribution in [2.24, 2.45) is 11.8 Å². The van der Waals surface area contributed by atoms with Gasteiger partial charge in [0.1, 0.15) is 0 Å². The maximum Gasteiger partial charge on any atom is 0.253 e. The van der Waals surface area contributed by atoms with Gasteiger partial charge < -0.3 is 9.80 Å². The second kappa shape index (κ2) is 9.52. The van der Waals surface area contributed by atoms with E-state index in [9.17, 15) is 13.2 Å². The normalized spacial score (nSPS) is 22.0. The summed E-state index contributed by atoms with van der Waals surface area (Å²) in [7, 11) is -3.55. The quantitative estimate of drug-likeness (QED) is 0.523. The van der Waals surface area contributed by atoms with Crippen LogP contribution < -0.4 is 4.90 Å². The van der Waals surface area contributed by atoms with Crippen LogP contribution in [0.5, 0.6) is 0 Å². The molecule has 9 heteroatoms. The lowest BCUT2D eigenvalue weighted by molar-refractivity contribution is 0.0746. The first-order chi connectivity index (χ1) is 16.7. The van der Waals surface area contributed by atoms with E-state index in [0.717, 1.165) is 30.2 Å². The fraction of sp³-hybridized carbons (Fsp3) is 0.462. The van der Waals surface area contributed by atoms with Gasteiger partial charge in [0, 0.05) is 44.8 Å². The van der Waals surface area contributed by atoms with Gasteiger partial charge >= 0.3 is 0 Å². The molecular weight excluding hydrogens is 480 g/mol. The van der Waals surface area contributed by atoms with Crippen molar-refractivity contribution in [2.75, 3.05) is 44.2 Å². The smallest absolute Gasteiger partial charge is 0.253 e. The summed E-state index contributed by atoms with van der Waals surface area (Å²) in [4.78, 5) is 22.3. The zero-order valence-electron chi connectivity index (χ0n) is 20.5. The maximum absolute atomic E-state index is 13.1. The van der Waals surface area contributed by atoms with Crippen molar-refractivity contribution in [3.8, 4) is 0 Å². The van der Waals surface area contributed by atoms with Crippen LogP contribution in [0.1, 0.15) is 36.2 Å². The molecule has 3 aromatic rings. The third-order valence-corrected chi connectivity index (χ3v) is 9.95. The largest absolute Gasteiger partial charge is 0.345 e. The van der Waals surface area contributed by atoms with Crippen LogP contribution in [-0.2, 0) is 10.0 Å². The van der Waals surface area contributed by atoms with Gasteiger partial charge in [-0.2, -0.15) is 4.31 Å². The van der Waals surface area contributed by atoms with E-state index >= 15 is 0 Å². The van der Waals surface area contributed by atoms with Crippen LogP contribution in [-0.4, -0.2) is 67.8 Å². The summed E-state index contributed by atoms with van der Waals surface area (Å²) in [6.45, 7) is 10.0. The Labute approximate surface area is 211 Å². The van der Waals surface area contributed by atoms with Crippen LogP contribution in [0.4, 0.5) is 5.13 Å². The SMILES string of the molecule is Cc1cccc2sc(N3CCN(C(=O)c4ccc(S(=O)(=O)N5CC(C)CC(C)C5)cc4)CC3)nc12. The lowest BCUT2D eigenvalue weighted by atomic mass is 9.94. The minimum absolute atomic E-state index is 0.0611. The predicted molar refractivity (Wildman–Crippen MR) is 141 cm³/mol. The number of piperidine rings is 1. The lowest BCUT2D eigenvalue weighted by Crippen LogP contribution is -2.48. The number of rotatable bonds is 4. The van der Waals surface area contributed by atoms with E-state index in [4.69, 9.17) is 4.98 Å². The van der Waals surface area contributed by atoms with E-state index in [1.807, 2.05) is 4.90 Å². The topological polar surface area (TPSA) is 73.8 Å². The molecule has 1 amide bonds. The number of nitrogens with zero attached hydrogens (tertiary/aromatic N) is 4. The summed E-state index contributed by atoms with van der Waals surface area (Å²) < 4.78 is 29.0. The van der Waals surface area contributed by atoms with Crippen molar-refractivity contribution in [2.45, 2.75) is 32.1 Å². The molecule has 0 bridgehead atoms. The molecule has 2 aliphatic heterocycles. The van der Waals surface area contributed by atoms with E-state index < -0.39 is 10.0 Å². The monoisotopic (exact) mass is 512 g/mol. The molecule has 5 rings (SSSR count). The van der Waals surface area contributed by atoms with Gasteiger partial charge in [-0.15, -0.1) is 0 Å². The van der Waals surface area contributed by atoms with E-state index in [1.54, 1.807) is 39.9 Å². The van der Waals surface area contributed by atoms with E-state index in [-0.39, 0.29) is 10.8 Å². The Morgan fingerprint density at radius 2 is 1.63 bits per heavy atom. The number of fused-ring (bicyclic) bond motifs is 1. The summed E-state index contributed by atoms with van der Waals surface area (Å²) in [6, 6.07) is 12.7. The summed E-state index contributed by atoms with van der Waals surface area (Å²) >= 11 is 1.69. The number of carbonyl (C=O) groups excluding carboxylic acids is 1. The molecule has 0 aliphatic carbocycles. The summed E-state index contributed by atoms with van der Waals surface area (Å²) in [5.74, 6) is 0.633. The molecule has 0 saturated carbocycles. The van der Waals surface area contributed by atoms with Gasteiger partial charge in [-0.25, -0.2) is 13.4 Å². The van der Waals surface area contributed by atoms with Crippen molar-refractivity contribution >= 4 is 42.6 Å². The Kier molecular flexibility index (Phi) is 6.59. The number of hydrogen-bond donors (Lipinski definition) is 0. The van der Waals surface area contributed by atoms with Crippen LogP contribution in [0.25, 0.3) is 10.2 Å². The number of sulfonamides is 1. The number of para-hydroxylation sites is 1. The molecule has 186 valence electrons. The highest BCUT2D eigenvalue weighted by Crippen LogP contribution is 2.31. The summed E-state index contributed by atoms with van der Waals surface area (Å²) in [5, 5.41) is 0.998. The van der Waals surface area contributed by atoms with Crippen LogP contribution in [0, 0.1) is 18.8 Å². The average Bonchev–Trinajstić information content (AvgIpc) is 3.29. The number of aryl methyl sites for hydroxylation is 1. The molecule has 1 aromatic heterocycles. The van der Waals surface area contributed by atoms with Crippen molar-refractivity contribution < 1.29 is 13.2 Å². The fourth-order valence-electron chi connectivity index (χ4n) is 5.21. The Morgan fingerprint density at radius 1 is 0.971 bits per heavy atom. The third-order valence-electron chi connectivity index (χ3n) is 7.02. The van der Waals surface area contributed by atoms with Crippen LogP contribution in [0.3, 0.4) is 0 Å². The van der Waals surface area contributed by atoms with Crippen LogP contribution >= 0.6 is 11.3 Å². The van der Waals surface area contributed by atoms with Crippen LogP contribution in [0.15, 0.2) is 47.4 Å². The molecule has 2 fully saturated rings. The molecule has 3 heterocycles. The van der Waals surface area contributed by atoms with Gasteiger partial charge in [0.15, 0.2) is 5.13 Å². The molecule has 0 radical (unpaired) electrons. The molecule has 2 unspecified atom stereocenters. The summed E-state index contributed by atoms with van der Waals surface area (Å²) in [5.41, 5.74) is 2.75. The fourth-order valence-corrected chi connectivity index (χ4v) is 7.99. The Morgan fingerprint density at radius 3 is 2.26 bits per heavy atom. The van der Waals surface area contributed by atoms with Crippen molar-refractivity contribution in [3.63, 3.8) is 0 Å². The van der Waals surface area contributed by atoms with E-state index in [1.165, 1.54) is 10.3 Å². The van der Waals surface area contributed by atoms with Gasteiger partial charge in [0.05, 0.1) is 15.1 Å². The Bertz CT molecular complexity index is 1320. The first-order valence-corrected chi connectivity index (χ1v) is 14.5. The first kappa shape index (κ1) is 24.2. The second-order valence-electron chi connectivity index (χ2n) is 9.99. The minimum atomic E-state index is -3.55. The highest BCUT2D eigenvalue weighted by Gasteiger charge is 2.32. The average molecular weight is 513 g/mol. The maximum atomic E-state index is 13.1. The zero-order valence-corrected chi connectivity index (χ0v) is 22.1. The second-order valence-corrected chi connectivity index (χ2v) is 12.9. The number of aromatic nitrogens is 1. The lowest BCUT2D eigenvalue weighted by Gasteiger charge is -2.35. The molecule has 35 heavy (non-hydrogen) atoms. The Hall–Kier alpha value is -2.49. The van der Waals surface area contributed by atoms with Gasteiger partial charge in [-0.05, 0) is 61.1 Å². The number of hydrogen-bond acceptors (Lipinski definition) is 6. The van der Waals surface area contributed by atoms with Gasteiger partial charge in [-0.3, -0.25) is 4.79 Å². The molecular formula is C26H32N4O3S2. The van der Waals surface area contributed by atoms with Gasteiger partial charge in [0.25, 0.3) is 5.91 Å². The molecule has 2 saturated heterocycles. The molecule has 7 nitrogen and oxygen atoms in total. The first-order valence-electron chi connectivity index (χ1n) is 12.2. The molecule has 2 aliphatic rings. The van der Waals surface area contributed by atoms with E-state index in [2.05, 4.69) is 43.9 Å². The zero-order chi connectivity index (χ0) is 24.7. The molecule has 0 spiro atoms. The number of thiazole rings is 1. The van der Waals surface area contributed by atoms with Gasteiger partial charge in [-0.1, -0.05) is 37.3 Å². The predicted octanol–water partition coefficient (Wildman–Crippen LogP) is 4.23. The van der Waals surface area contributed by atoms with Crippen LogP contribution in [0.2, 0.25) is 0 Å². The molecule has 2 atom stereocenters. The Balaban J connectivity index is 1.23. The van der Waals surface area contributed by atoms with Gasteiger partial charge in [0.2, 0.25) is 10.0 Å². The minimum Gasteiger partial charge on any atom is -0.345 e. The number of anilines is 1. The number of carbonyl (C=O) groups is 1. The number of benzene rings is 2. The number of amides is 1. The standard InChI is InChI=1S/C26H32N4O3S2/c1-18-15-19(2)17-30(16-18)35(32,33)22-9-7-21(8-10-22)25(31)28-11-13-29(14-12-28)26-27-24-20(3)5-4-6-23(24)34-26/h4-10,18-19H,11-17H2,1-3H3. The molecule has 0 N–H and O–H groups in total. The van der Waals surface area contributed by atoms with Crippen molar-refractivity contribution in [1.82, 2.24) is 14.2 Å². The number of piperazine rings is 1. The highest BCUT2D eigenvalue weighted by molar-refractivity contribution is 7.89. The highest BCUT2D eigenvalue weighted by atomic mass is 32.2. The van der Waals surface area contributed by atoms with Crippen molar-refractivity contribution in [1.29, 1.82) is 0 Å².